The van der Waals surface area contributed by atoms with Gasteiger partial charge in [-0.2, -0.15) is 0 Å². The molecule has 0 bridgehead atoms. The minimum absolute atomic E-state index is 0.00161. The summed E-state index contributed by atoms with van der Waals surface area (Å²) in [6.45, 7) is 18.6. The molecule has 3 heterocycles. The van der Waals surface area contributed by atoms with Gasteiger partial charge in [-0.1, -0.05) is 18.6 Å². The average molecular weight is 496 g/mol. The largest absolute Gasteiger partial charge is 0.379 e. The van der Waals surface area contributed by atoms with Crippen molar-refractivity contribution in [2.75, 3.05) is 39.4 Å². The van der Waals surface area contributed by atoms with Gasteiger partial charge in [0.1, 0.15) is 0 Å². The number of ether oxygens (including phenoxy) is 1. The summed E-state index contributed by atoms with van der Waals surface area (Å²) in [4.78, 5) is 21.2. The normalized spacial score (nSPS) is 16.2. The number of rotatable bonds is 9. The Labute approximate surface area is 213 Å². The quantitative estimate of drug-likeness (QED) is 0.485. The Bertz CT molecular complexity index is 1220. The van der Waals surface area contributed by atoms with Gasteiger partial charge in [-0.15, -0.1) is 5.10 Å². The summed E-state index contributed by atoms with van der Waals surface area (Å²) >= 11 is 0. The van der Waals surface area contributed by atoms with Crippen molar-refractivity contribution < 1.29 is 4.74 Å². The number of fused-ring (bicyclic) bond motifs is 1. The van der Waals surface area contributed by atoms with Crippen LogP contribution in [-0.4, -0.2) is 74.4 Å². The van der Waals surface area contributed by atoms with Crippen LogP contribution in [0.15, 0.2) is 23.0 Å². The molecule has 0 saturated carbocycles. The summed E-state index contributed by atoms with van der Waals surface area (Å²) in [5.41, 5.74) is 3.70. The van der Waals surface area contributed by atoms with Crippen LogP contribution in [-0.2, 0) is 16.8 Å². The van der Waals surface area contributed by atoms with Crippen LogP contribution in [0.4, 0.5) is 0 Å². The van der Waals surface area contributed by atoms with Gasteiger partial charge in [0.15, 0.2) is 5.82 Å². The molecule has 196 valence electrons. The molecule has 1 aliphatic rings. The van der Waals surface area contributed by atoms with Crippen LogP contribution in [0.2, 0.25) is 0 Å². The molecule has 3 aromatic rings. The van der Waals surface area contributed by atoms with Crippen LogP contribution in [0.1, 0.15) is 69.1 Å². The number of morpholine rings is 1. The van der Waals surface area contributed by atoms with E-state index < -0.39 is 0 Å². The summed E-state index contributed by atoms with van der Waals surface area (Å²) < 4.78 is 7.43. The lowest BCUT2D eigenvalue weighted by Crippen LogP contribution is -2.39. The van der Waals surface area contributed by atoms with E-state index in [1.54, 1.807) is 0 Å². The predicted molar refractivity (Wildman–Crippen MR) is 142 cm³/mol. The maximum absolute atomic E-state index is 13.2. The van der Waals surface area contributed by atoms with E-state index in [2.05, 4.69) is 83.1 Å². The Hall–Kier alpha value is -2.62. The maximum Gasteiger partial charge on any atom is 0.252 e. The van der Waals surface area contributed by atoms with Gasteiger partial charge >= 0.3 is 0 Å². The molecule has 9 nitrogen and oxygen atoms in total. The fourth-order valence-electron chi connectivity index (χ4n) is 5.22. The molecule has 2 aromatic heterocycles. The summed E-state index contributed by atoms with van der Waals surface area (Å²) in [7, 11) is 0. The summed E-state index contributed by atoms with van der Waals surface area (Å²) in [5, 5.41) is 13.9. The van der Waals surface area contributed by atoms with Gasteiger partial charge in [0, 0.05) is 31.7 Å². The Morgan fingerprint density at radius 2 is 1.92 bits per heavy atom. The van der Waals surface area contributed by atoms with Crippen LogP contribution in [0, 0.1) is 13.8 Å². The molecule has 1 saturated heterocycles. The molecule has 1 N–H and O–H groups in total. The molecule has 9 heteroatoms. The zero-order valence-corrected chi connectivity index (χ0v) is 22.7. The molecule has 0 radical (unpaired) electrons. The highest BCUT2D eigenvalue weighted by molar-refractivity contribution is 5.82. The lowest BCUT2D eigenvalue weighted by molar-refractivity contribution is 0.0348. The first-order chi connectivity index (χ1) is 17.2. The van der Waals surface area contributed by atoms with E-state index in [4.69, 9.17) is 4.74 Å². The predicted octanol–water partition coefficient (Wildman–Crippen LogP) is 3.56. The van der Waals surface area contributed by atoms with Gasteiger partial charge in [-0.25, -0.2) is 4.68 Å². The van der Waals surface area contributed by atoms with Crippen molar-refractivity contribution in [2.45, 2.75) is 72.5 Å². The minimum Gasteiger partial charge on any atom is -0.379 e. The Morgan fingerprint density at radius 1 is 1.17 bits per heavy atom. The molecular formula is C27H41N7O2. The topological polar surface area (TPSA) is 92.2 Å². The lowest BCUT2D eigenvalue weighted by atomic mass is 10.0. The van der Waals surface area contributed by atoms with Crippen molar-refractivity contribution in [3.8, 4) is 0 Å². The Kier molecular flexibility index (Phi) is 8.22. The minimum atomic E-state index is -0.235. The third-order valence-corrected chi connectivity index (χ3v) is 7.02. The fraction of sp³-hybridized carbons (Fsp3) is 0.630. The Morgan fingerprint density at radius 3 is 2.61 bits per heavy atom. The number of pyridine rings is 1. The average Bonchev–Trinajstić information content (AvgIpc) is 3.31. The highest BCUT2D eigenvalue weighted by atomic mass is 16.5. The maximum atomic E-state index is 13.2. The van der Waals surface area contributed by atoms with E-state index in [0.29, 0.717) is 6.54 Å². The van der Waals surface area contributed by atoms with Gasteiger partial charge in [0.05, 0.1) is 30.3 Å². The first kappa shape index (κ1) is 26.4. The SMILES string of the molecule is CC[C@@H](c1nnnn1C(C)(C)C)N(CCCN1CCOCC1)Cc1cc2cc(C)cc(C)c2[nH]c1=O. The van der Waals surface area contributed by atoms with Crippen molar-refractivity contribution in [2.24, 2.45) is 0 Å². The van der Waals surface area contributed by atoms with Gasteiger partial charge < -0.3 is 9.72 Å². The van der Waals surface area contributed by atoms with Gasteiger partial charge in [-0.3, -0.25) is 14.6 Å². The number of aromatic nitrogens is 5. The van der Waals surface area contributed by atoms with Crippen molar-refractivity contribution in [1.82, 2.24) is 35.0 Å². The summed E-state index contributed by atoms with van der Waals surface area (Å²) in [6, 6.07) is 6.30. The molecule has 0 unspecified atom stereocenters. The second-order valence-corrected chi connectivity index (χ2v) is 11.0. The lowest BCUT2D eigenvalue weighted by Gasteiger charge is -2.33. The molecule has 1 fully saturated rings. The van der Waals surface area contributed by atoms with Crippen molar-refractivity contribution >= 4 is 10.9 Å². The zero-order chi connectivity index (χ0) is 25.9. The van der Waals surface area contributed by atoms with Gasteiger partial charge in [-0.05, 0) is 87.5 Å². The molecule has 36 heavy (non-hydrogen) atoms. The molecule has 1 aromatic carbocycles. The van der Waals surface area contributed by atoms with Gasteiger partial charge in [0.25, 0.3) is 5.56 Å². The van der Waals surface area contributed by atoms with Crippen molar-refractivity contribution in [1.29, 1.82) is 0 Å². The van der Waals surface area contributed by atoms with E-state index in [1.165, 1.54) is 5.56 Å². The molecule has 4 rings (SSSR count). The van der Waals surface area contributed by atoms with Crippen LogP contribution >= 0.6 is 0 Å². The number of nitrogens with zero attached hydrogens (tertiary/aromatic N) is 6. The van der Waals surface area contributed by atoms with E-state index in [-0.39, 0.29) is 17.1 Å². The van der Waals surface area contributed by atoms with Crippen molar-refractivity contribution in [3.63, 3.8) is 0 Å². The number of H-pyrrole nitrogens is 1. The zero-order valence-electron chi connectivity index (χ0n) is 22.7. The van der Waals surface area contributed by atoms with E-state index in [1.807, 2.05) is 11.6 Å². The molecule has 0 amide bonds. The third kappa shape index (κ3) is 6.02. The second-order valence-electron chi connectivity index (χ2n) is 11.0. The molecule has 0 aliphatic carbocycles. The number of nitrogens with one attached hydrogen (secondary N) is 1. The number of aromatic amines is 1. The first-order valence-electron chi connectivity index (χ1n) is 13.1. The molecular weight excluding hydrogens is 454 g/mol. The molecule has 1 aliphatic heterocycles. The van der Waals surface area contributed by atoms with Gasteiger partial charge in [0.2, 0.25) is 0 Å². The highest BCUT2D eigenvalue weighted by Crippen LogP contribution is 2.28. The van der Waals surface area contributed by atoms with E-state index >= 15 is 0 Å². The smallest absolute Gasteiger partial charge is 0.252 e. The Balaban J connectivity index is 1.65. The number of hydrogen-bond donors (Lipinski definition) is 1. The van der Waals surface area contributed by atoms with Crippen LogP contribution < -0.4 is 5.56 Å². The standard InChI is InChI=1S/C27H41N7O2/c1-7-23(25-29-30-31-34(25)27(4,5)6)33(10-8-9-32-11-13-36-14-12-32)18-22-17-21-16-19(2)15-20(3)24(21)28-26(22)35/h15-17,23H,7-14,18H2,1-6H3,(H,28,35)/t23-/m0/s1. The van der Waals surface area contributed by atoms with Crippen LogP contribution in [0.3, 0.4) is 0 Å². The van der Waals surface area contributed by atoms with Crippen LogP contribution in [0.5, 0.6) is 0 Å². The molecule has 1 atom stereocenters. The molecule has 0 spiro atoms. The number of hydrogen-bond acceptors (Lipinski definition) is 7. The monoisotopic (exact) mass is 495 g/mol. The van der Waals surface area contributed by atoms with Crippen LogP contribution in [0.25, 0.3) is 10.9 Å². The highest BCUT2D eigenvalue weighted by Gasteiger charge is 2.29. The number of benzene rings is 1. The van der Waals surface area contributed by atoms with Crippen molar-refractivity contribution in [3.05, 3.63) is 51.1 Å². The summed E-state index contributed by atoms with van der Waals surface area (Å²) in [6.07, 6.45) is 1.84. The second kappa shape index (κ2) is 11.2. The first-order valence-corrected chi connectivity index (χ1v) is 13.1. The number of tetrazole rings is 1. The third-order valence-electron chi connectivity index (χ3n) is 7.02. The van der Waals surface area contributed by atoms with E-state index in [0.717, 1.165) is 80.1 Å². The van der Waals surface area contributed by atoms with E-state index in [9.17, 15) is 4.79 Å². The number of aryl methyl sites for hydroxylation is 2. The fourth-order valence-corrected chi connectivity index (χ4v) is 5.22. The summed E-state index contributed by atoms with van der Waals surface area (Å²) in [5.74, 6) is 0.847.